The predicted octanol–water partition coefficient (Wildman–Crippen LogP) is 5.73. The summed E-state index contributed by atoms with van der Waals surface area (Å²) in [4.78, 5) is 35.7. The summed E-state index contributed by atoms with van der Waals surface area (Å²) in [6, 6.07) is 0. The van der Waals surface area contributed by atoms with Crippen molar-refractivity contribution < 1.29 is 23.9 Å². The second-order valence-corrected chi connectivity index (χ2v) is 9.45. The minimum Gasteiger partial charge on any atom is -0.465 e. The van der Waals surface area contributed by atoms with Crippen LogP contribution in [0.25, 0.3) is 0 Å². The van der Waals surface area contributed by atoms with E-state index < -0.39 is 0 Å². The fourth-order valence-corrected chi connectivity index (χ4v) is 4.65. The molecule has 1 saturated carbocycles. The van der Waals surface area contributed by atoms with E-state index in [1.54, 1.807) is 11.8 Å². The maximum absolute atomic E-state index is 12.2. The van der Waals surface area contributed by atoms with Crippen LogP contribution < -0.4 is 0 Å². The Bertz CT molecular complexity index is 494. The number of ketones is 1. The first-order valence-corrected chi connectivity index (χ1v) is 13.2. The predicted molar refractivity (Wildman–Crippen MR) is 123 cm³/mol. The van der Waals surface area contributed by atoms with E-state index in [2.05, 4.69) is 13.8 Å². The summed E-state index contributed by atoms with van der Waals surface area (Å²) in [6.45, 7) is 5.20. The van der Waals surface area contributed by atoms with Crippen molar-refractivity contribution >= 4 is 29.5 Å². The first kappa shape index (κ1) is 27.0. The van der Waals surface area contributed by atoms with Crippen LogP contribution in [0.4, 0.5) is 0 Å². The van der Waals surface area contributed by atoms with Crippen molar-refractivity contribution in [3.63, 3.8) is 0 Å². The lowest BCUT2D eigenvalue weighted by Crippen LogP contribution is -2.21. The molecule has 0 aromatic carbocycles. The van der Waals surface area contributed by atoms with Gasteiger partial charge in [0.15, 0.2) is 0 Å². The van der Waals surface area contributed by atoms with E-state index in [1.165, 1.54) is 12.8 Å². The molecule has 0 N–H and O–H groups in total. The number of thioether (sulfide) groups is 1. The van der Waals surface area contributed by atoms with Gasteiger partial charge in [0.1, 0.15) is 5.78 Å². The fraction of sp³-hybridized carbons (Fsp3) is 0.875. The van der Waals surface area contributed by atoms with Gasteiger partial charge < -0.3 is 9.47 Å². The Morgan fingerprint density at radius 3 is 2.47 bits per heavy atom. The van der Waals surface area contributed by atoms with E-state index in [0.717, 1.165) is 63.5 Å². The molecule has 174 valence electrons. The number of Topliss-reactive ketones (excluding diaryl/α,β-unsaturated/α-hetero) is 1. The zero-order chi connectivity index (χ0) is 22.0. The number of ether oxygens (including phenoxy) is 2. The number of rotatable bonds is 18. The quantitative estimate of drug-likeness (QED) is 0.199. The Morgan fingerprint density at radius 2 is 1.70 bits per heavy atom. The molecule has 0 amide bonds. The highest BCUT2D eigenvalue weighted by Crippen LogP contribution is 2.33. The standard InChI is InChI=1S/C24H42O5S/c1-3-5-7-10-16-28-24(27)19-30-17-11-9-12-21-20(14-15-22(21)25)18-29-23(26)13-8-6-4-2/h20-21H,3-19H2,1-2H3/t20-,21-/m0/s1. The van der Waals surface area contributed by atoms with Gasteiger partial charge in [0.25, 0.3) is 0 Å². The molecule has 1 aliphatic rings. The molecule has 1 fully saturated rings. The van der Waals surface area contributed by atoms with Crippen LogP contribution in [0.15, 0.2) is 0 Å². The zero-order valence-electron chi connectivity index (χ0n) is 19.1. The van der Waals surface area contributed by atoms with Gasteiger partial charge in [-0.3, -0.25) is 14.4 Å². The van der Waals surface area contributed by atoms with E-state index in [1.807, 2.05) is 0 Å². The van der Waals surface area contributed by atoms with Gasteiger partial charge in [-0.2, -0.15) is 11.8 Å². The minimum absolute atomic E-state index is 0.0338. The average molecular weight is 443 g/mol. The molecular formula is C24H42O5S. The summed E-state index contributed by atoms with van der Waals surface area (Å²) < 4.78 is 10.7. The third-order valence-electron chi connectivity index (χ3n) is 5.72. The first-order valence-electron chi connectivity index (χ1n) is 12.0. The van der Waals surface area contributed by atoms with Crippen LogP contribution in [0.5, 0.6) is 0 Å². The van der Waals surface area contributed by atoms with E-state index in [0.29, 0.717) is 37.6 Å². The molecule has 5 nitrogen and oxygen atoms in total. The van der Waals surface area contributed by atoms with Crippen molar-refractivity contribution in [1.29, 1.82) is 0 Å². The highest BCUT2D eigenvalue weighted by Gasteiger charge is 2.34. The lowest BCUT2D eigenvalue weighted by atomic mass is 9.91. The average Bonchev–Trinajstić information content (AvgIpc) is 3.08. The molecule has 0 spiro atoms. The van der Waals surface area contributed by atoms with Crippen LogP contribution in [-0.2, 0) is 23.9 Å². The molecule has 1 aliphatic carbocycles. The van der Waals surface area contributed by atoms with Gasteiger partial charge in [0.2, 0.25) is 0 Å². The molecule has 0 aromatic rings. The summed E-state index contributed by atoms with van der Waals surface area (Å²) in [7, 11) is 0. The van der Waals surface area contributed by atoms with Gasteiger partial charge in [0.05, 0.1) is 19.0 Å². The van der Waals surface area contributed by atoms with Crippen molar-refractivity contribution in [3.8, 4) is 0 Å². The largest absolute Gasteiger partial charge is 0.465 e. The van der Waals surface area contributed by atoms with Crippen molar-refractivity contribution in [1.82, 2.24) is 0 Å². The van der Waals surface area contributed by atoms with E-state index >= 15 is 0 Å². The Morgan fingerprint density at radius 1 is 0.933 bits per heavy atom. The molecule has 0 radical (unpaired) electrons. The summed E-state index contributed by atoms with van der Waals surface area (Å²) in [5, 5.41) is 0. The van der Waals surface area contributed by atoms with E-state index in [4.69, 9.17) is 9.47 Å². The van der Waals surface area contributed by atoms with Crippen molar-refractivity contribution in [2.24, 2.45) is 11.8 Å². The second kappa shape index (κ2) is 17.6. The molecule has 30 heavy (non-hydrogen) atoms. The molecular weight excluding hydrogens is 400 g/mol. The van der Waals surface area contributed by atoms with E-state index in [-0.39, 0.29) is 23.8 Å². The molecule has 2 atom stereocenters. The summed E-state index contributed by atoms with van der Waals surface area (Å²) in [6.07, 6.45) is 12.2. The topological polar surface area (TPSA) is 69.7 Å². The third-order valence-corrected chi connectivity index (χ3v) is 6.74. The first-order chi connectivity index (χ1) is 14.6. The van der Waals surface area contributed by atoms with Crippen LogP contribution in [-0.4, -0.2) is 42.4 Å². The van der Waals surface area contributed by atoms with Crippen molar-refractivity contribution in [3.05, 3.63) is 0 Å². The van der Waals surface area contributed by atoms with Crippen LogP contribution >= 0.6 is 11.8 Å². The summed E-state index contributed by atoms with van der Waals surface area (Å²) in [5.41, 5.74) is 0. The second-order valence-electron chi connectivity index (χ2n) is 8.34. The Kier molecular flexibility index (Phi) is 15.9. The molecule has 0 aliphatic heterocycles. The lowest BCUT2D eigenvalue weighted by Gasteiger charge is -2.18. The number of hydrogen-bond acceptors (Lipinski definition) is 6. The molecule has 0 bridgehead atoms. The Labute approximate surface area is 187 Å². The minimum atomic E-state index is -0.129. The van der Waals surface area contributed by atoms with Crippen molar-refractivity contribution in [2.45, 2.75) is 97.3 Å². The van der Waals surface area contributed by atoms with Crippen LogP contribution in [0, 0.1) is 11.8 Å². The number of hydrogen-bond donors (Lipinski definition) is 0. The molecule has 0 heterocycles. The monoisotopic (exact) mass is 442 g/mol. The van der Waals surface area contributed by atoms with Gasteiger partial charge in [-0.15, -0.1) is 0 Å². The smallest absolute Gasteiger partial charge is 0.315 e. The highest BCUT2D eigenvalue weighted by atomic mass is 32.2. The highest BCUT2D eigenvalue weighted by molar-refractivity contribution is 7.99. The maximum Gasteiger partial charge on any atom is 0.315 e. The maximum atomic E-state index is 12.2. The number of esters is 2. The number of carbonyl (C=O) groups excluding carboxylic acids is 3. The molecule has 0 saturated heterocycles. The molecule has 0 unspecified atom stereocenters. The van der Waals surface area contributed by atoms with Crippen LogP contribution in [0.1, 0.15) is 97.3 Å². The van der Waals surface area contributed by atoms with Gasteiger partial charge in [-0.05, 0) is 37.9 Å². The fourth-order valence-electron chi connectivity index (χ4n) is 3.85. The van der Waals surface area contributed by atoms with Gasteiger partial charge >= 0.3 is 11.9 Å². The SMILES string of the molecule is CCCCCCOC(=O)CSCCCC[C@@H]1C(=O)CC[C@H]1COC(=O)CCCCC. The van der Waals surface area contributed by atoms with Crippen LogP contribution in [0.3, 0.4) is 0 Å². The molecule has 1 rings (SSSR count). The summed E-state index contributed by atoms with van der Waals surface area (Å²) >= 11 is 1.61. The zero-order valence-corrected chi connectivity index (χ0v) is 19.9. The van der Waals surface area contributed by atoms with E-state index in [9.17, 15) is 14.4 Å². The van der Waals surface area contributed by atoms with Crippen molar-refractivity contribution in [2.75, 3.05) is 24.7 Å². The Balaban J connectivity index is 2.09. The number of unbranched alkanes of at least 4 members (excludes halogenated alkanes) is 6. The van der Waals surface area contributed by atoms with Gasteiger partial charge in [-0.25, -0.2) is 0 Å². The van der Waals surface area contributed by atoms with Gasteiger partial charge in [-0.1, -0.05) is 52.4 Å². The van der Waals surface area contributed by atoms with Gasteiger partial charge in [0, 0.05) is 24.7 Å². The molecule has 6 heteroatoms. The lowest BCUT2D eigenvalue weighted by molar-refractivity contribution is -0.146. The Hall–Kier alpha value is -1.04. The number of carbonyl (C=O) groups is 3. The normalized spacial score (nSPS) is 18.5. The summed E-state index contributed by atoms with van der Waals surface area (Å²) in [5.74, 6) is 1.60. The van der Waals surface area contributed by atoms with Crippen LogP contribution in [0.2, 0.25) is 0 Å². The molecule has 0 aromatic heterocycles. The third kappa shape index (κ3) is 12.6.